The first-order chi connectivity index (χ1) is 17.1. The third kappa shape index (κ3) is 5.83. The monoisotopic (exact) mass is 523 g/mol. The number of rotatable bonds is 9. The molecule has 7 nitrogen and oxygen atoms in total. The number of aliphatic hydroxyl groups excluding tert-OH is 1. The summed E-state index contributed by atoms with van der Waals surface area (Å²) in [5.74, 6) is -0.389. The Kier molecular flexibility index (Phi) is 7.58. The number of hydrogen-bond acceptors (Lipinski definition) is 4. The number of halogens is 4. The Bertz CT molecular complexity index is 1280. The second kappa shape index (κ2) is 10.5. The van der Waals surface area contributed by atoms with Crippen LogP contribution in [0.25, 0.3) is 11.3 Å². The van der Waals surface area contributed by atoms with Crippen molar-refractivity contribution in [3.63, 3.8) is 0 Å². The first-order valence-electron chi connectivity index (χ1n) is 11.3. The van der Waals surface area contributed by atoms with Gasteiger partial charge in [-0.15, -0.1) is 0 Å². The number of carbonyl (C=O) groups excluding carboxylic acids is 1. The average Bonchev–Trinajstić information content (AvgIpc) is 3.62. The van der Waals surface area contributed by atoms with Crippen LogP contribution in [0.15, 0.2) is 59.5 Å². The lowest BCUT2D eigenvalue weighted by atomic mass is 9.99. The zero-order valence-electron chi connectivity index (χ0n) is 19.3. The van der Waals surface area contributed by atoms with Gasteiger partial charge in [0.05, 0.1) is 11.3 Å². The van der Waals surface area contributed by atoms with Gasteiger partial charge in [-0.25, -0.2) is 4.79 Å². The van der Waals surface area contributed by atoms with Gasteiger partial charge in [-0.1, -0.05) is 41.9 Å². The molecule has 1 aliphatic rings. The Labute approximate surface area is 210 Å². The number of nitrogens with one attached hydrogen (secondary N) is 1. The molecule has 3 aromatic rings. The van der Waals surface area contributed by atoms with Gasteiger partial charge in [-0.05, 0) is 48.1 Å². The summed E-state index contributed by atoms with van der Waals surface area (Å²) in [6.45, 7) is 0.0353. The van der Waals surface area contributed by atoms with Crippen LogP contribution in [0.1, 0.15) is 30.0 Å². The molecule has 1 aromatic heterocycles. The van der Waals surface area contributed by atoms with E-state index in [-0.39, 0.29) is 5.56 Å². The summed E-state index contributed by atoms with van der Waals surface area (Å²) in [6, 6.07) is 10.0. The molecule has 1 saturated carbocycles. The number of carbonyl (C=O) groups is 1. The molecule has 1 amide bonds. The van der Waals surface area contributed by atoms with E-state index in [4.69, 9.17) is 16.3 Å². The fourth-order valence-corrected chi connectivity index (χ4v) is 4.19. The minimum Gasteiger partial charge on any atom is -0.366 e. The molecule has 0 radical (unpaired) electrons. The van der Waals surface area contributed by atoms with E-state index in [9.17, 15) is 27.9 Å². The maximum Gasteiger partial charge on any atom is 0.416 e. The van der Waals surface area contributed by atoms with Crippen LogP contribution in [-0.4, -0.2) is 33.5 Å². The molecular weight excluding hydrogens is 499 g/mol. The minimum absolute atomic E-state index is 0.354. The average molecular weight is 524 g/mol. The largest absolute Gasteiger partial charge is 0.416 e. The van der Waals surface area contributed by atoms with E-state index in [0.717, 1.165) is 37.6 Å². The maximum absolute atomic E-state index is 13.6. The zero-order valence-corrected chi connectivity index (χ0v) is 20.1. The number of nitrogens with zero attached hydrogens (tertiary/aromatic N) is 2. The van der Waals surface area contributed by atoms with Gasteiger partial charge in [0.15, 0.2) is 6.29 Å². The molecule has 11 heteroatoms. The van der Waals surface area contributed by atoms with Crippen LogP contribution in [0.5, 0.6) is 0 Å². The van der Waals surface area contributed by atoms with E-state index in [2.05, 4.69) is 5.32 Å². The van der Waals surface area contributed by atoms with Crippen molar-refractivity contribution in [3.05, 3.63) is 81.4 Å². The number of hydrogen-bond donors (Lipinski definition) is 2. The van der Waals surface area contributed by atoms with Gasteiger partial charge in [-0.2, -0.15) is 13.2 Å². The molecule has 2 N–H and O–H groups in total. The molecule has 1 fully saturated rings. The van der Waals surface area contributed by atoms with Crippen LogP contribution in [-0.2, 0) is 28.8 Å². The molecule has 36 heavy (non-hydrogen) atoms. The van der Waals surface area contributed by atoms with E-state index in [1.807, 2.05) is 0 Å². The predicted molar refractivity (Wildman–Crippen MR) is 127 cm³/mol. The minimum atomic E-state index is -4.71. The van der Waals surface area contributed by atoms with Gasteiger partial charge in [0.2, 0.25) is 5.91 Å². The van der Waals surface area contributed by atoms with Crippen molar-refractivity contribution in [1.29, 1.82) is 0 Å². The number of amides is 1. The first-order valence-corrected chi connectivity index (χ1v) is 11.7. The van der Waals surface area contributed by atoms with Gasteiger partial charge in [0, 0.05) is 24.9 Å². The van der Waals surface area contributed by atoms with Crippen molar-refractivity contribution in [2.24, 2.45) is 5.92 Å². The molecule has 1 heterocycles. The zero-order chi connectivity index (χ0) is 26.0. The maximum atomic E-state index is 13.6. The number of aliphatic hydroxyl groups is 1. The molecule has 0 bridgehead atoms. The lowest BCUT2D eigenvalue weighted by Gasteiger charge is -2.26. The van der Waals surface area contributed by atoms with Crippen LogP contribution in [0, 0.1) is 5.92 Å². The van der Waals surface area contributed by atoms with Gasteiger partial charge in [0.25, 0.3) is 0 Å². The van der Waals surface area contributed by atoms with E-state index in [1.165, 1.54) is 16.7 Å². The van der Waals surface area contributed by atoms with Gasteiger partial charge in [-0.3, -0.25) is 13.9 Å². The van der Waals surface area contributed by atoms with Crippen LogP contribution >= 0.6 is 11.6 Å². The summed E-state index contributed by atoms with van der Waals surface area (Å²) in [7, 11) is 1.11. The van der Waals surface area contributed by atoms with Crippen molar-refractivity contribution in [2.45, 2.75) is 44.4 Å². The highest BCUT2D eigenvalue weighted by Gasteiger charge is 2.37. The summed E-state index contributed by atoms with van der Waals surface area (Å²) in [5.41, 5.74) is -0.436. The number of methoxy groups -OCH3 is 1. The number of ether oxygens (including phenoxy) is 1. The second-order valence-corrected chi connectivity index (χ2v) is 9.18. The molecule has 2 aromatic carbocycles. The topological polar surface area (TPSA) is 85.5 Å². The van der Waals surface area contributed by atoms with Crippen LogP contribution < -0.4 is 11.0 Å². The highest BCUT2D eigenvalue weighted by atomic mass is 35.5. The fourth-order valence-electron chi connectivity index (χ4n) is 4.07. The highest BCUT2D eigenvalue weighted by Crippen LogP contribution is 2.36. The number of alkyl halides is 3. The molecule has 2 unspecified atom stereocenters. The van der Waals surface area contributed by atoms with E-state index >= 15 is 0 Å². The smallest absolute Gasteiger partial charge is 0.366 e. The quantitative estimate of drug-likeness (QED) is 0.411. The Morgan fingerprint density at radius 3 is 2.47 bits per heavy atom. The second-order valence-electron chi connectivity index (χ2n) is 8.74. The summed E-state index contributed by atoms with van der Waals surface area (Å²) in [6.07, 6.45) is -2.91. The van der Waals surface area contributed by atoms with Crippen molar-refractivity contribution in [1.82, 2.24) is 14.5 Å². The van der Waals surface area contributed by atoms with Crippen molar-refractivity contribution in [2.75, 3.05) is 7.11 Å². The molecule has 2 atom stereocenters. The number of imidazole rings is 1. The molecule has 192 valence electrons. The summed E-state index contributed by atoms with van der Waals surface area (Å²) >= 11 is 5.99. The molecule has 0 spiro atoms. The van der Waals surface area contributed by atoms with Crippen molar-refractivity contribution >= 4 is 17.5 Å². The van der Waals surface area contributed by atoms with Crippen molar-refractivity contribution in [3.8, 4) is 11.3 Å². The Balaban J connectivity index is 1.62. The normalized spacial score (nSPS) is 15.5. The van der Waals surface area contributed by atoms with Gasteiger partial charge >= 0.3 is 11.9 Å². The number of aromatic nitrogens is 2. The predicted octanol–water partition coefficient (Wildman–Crippen LogP) is 4.22. The summed E-state index contributed by atoms with van der Waals surface area (Å²) in [5, 5.41) is 13.2. The summed E-state index contributed by atoms with van der Waals surface area (Å²) < 4.78 is 48.3. The molecule has 4 rings (SSSR count). The summed E-state index contributed by atoms with van der Waals surface area (Å²) in [4.78, 5) is 26.1. The first kappa shape index (κ1) is 26.0. The Morgan fingerprint density at radius 2 is 1.86 bits per heavy atom. The van der Waals surface area contributed by atoms with Crippen molar-refractivity contribution < 1.29 is 27.8 Å². The molecule has 0 saturated heterocycles. The molecular formula is C25H25ClF3N3O4. The van der Waals surface area contributed by atoms with Crippen LogP contribution in [0.3, 0.4) is 0 Å². The van der Waals surface area contributed by atoms with Gasteiger partial charge in [0.1, 0.15) is 12.6 Å². The standard InChI is InChI=1S/C25H25ClF3N3O4/c1-36-23(34)22(18-4-2-3-5-19(18)25(27,28)29)30-21(33)14-31-13-20(16-8-10-17(26)11-9-16)32(24(31)35)12-15-6-7-15/h2-5,8-11,13,15,22-23,34H,6-7,12,14H2,1H3,(H,30,33). The Hall–Kier alpha value is -3.08. The van der Waals surface area contributed by atoms with E-state index < -0.39 is 42.2 Å². The lowest BCUT2D eigenvalue weighted by molar-refractivity contribution is -0.143. The molecule has 1 aliphatic carbocycles. The third-order valence-electron chi connectivity index (χ3n) is 6.08. The van der Waals surface area contributed by atoms with Gasteiger partial charge < -0.3 is 15.2 Å². The van der Waals surface area contributed by atoms with Crippen LogP contribution in [0.4, 0.5) is 13.2 Å². The van der Waals surface area contributed by atoms with Crippen LogP contribution in [0.2, 0.25) is 5.02 Å². The highest BCUT2D eigenvalue weighted by molar-refractivity contribution is 6.30. The van der Waals surface area contributed by atoms with E-state index in [1.54, 1.807) is 35.0 Å². The molecule has 0 aliphatic heterocycles. The lowest BCUT2D eigenvalue weighted by Crippen LogP contribution is -2.41. The Morgan fingerprint density at radius 1 is 1.19 bits per heavy atom. The van der Waals surface area contributed by atoms with E-state index in [0.29, 0.717) is 23.2 Å². The third-order valence-corrected chi connectivity index (χ3v) is 6.33. The fraction of sp³-hybridized carbons (Fsp3) is 0.360. The SMILES string of the molecule is COC(O)C(NC(=O)Cn1cc(-c2ccc(Cl)cc2)n(CC2CC2)c1=O)c1ccccc1C(F)(F)F. The number of benzene rings is 2.